The summed E-state index contributed by atoms with van der Waals surface area (Å²) in [6, 6.07) is 0.305. The Morgan fingerprint density at radius 3 is 2.60 bits per heavy atom. The van der Waals surface area contributed by atoms with E-state index in [0.717, 1.165) is 24.7 Å². The van der Waals surface area contributed by atoms with Gasteiger partial charge >= 0.3 is 0 Å². The highest BCUT2D eigenvalue weighted by molar-refractivity contribution is 5.90. The van der Waals surface area contributed by atoms with Gasteiger partial charge in [0.2, 0.25) is 11.8 Å². The van der Waals surface area contributed by atoms with Crippen LogP contribution in [0, 0.1) is 11.8 Å². The molecule has 0 heterocycles. The molecule has 0 aromatic rings. The van der Waals surface area contributed by atoms with E-state index in [-0.39, 0.29) is 18.4 Å². The first-order chi connectivity index (χ1) is 9.63. The summed E-state index contributed by atoms with van der Waals surface area (Å²) in [5.74, 6) is 1.51. The molecule has 0 spiro atoms. The van der Waals surface area contributed by atoms with E-state index in [4.69, 9.17) is 0 Å². The lowest BCUT2D eigenvalue weighted by molar-refractivity contribution is -0.132. The highest BCUT2D eigenvalue weighted by Crippen LogP contribution is 2.43. The Morgan fingerprint density at radius 2 is 2.00 bits per heavy atom. The Hall–Kier alpha value is -1.32. The highest BCUT2D eigenvalue weighted by atomic mass is 16.2. The van der Waals surface area contributed by atoms with Crippen LogP contribution in [0.5, 0.6) is 0 Å². The van der Waals surface area contributed by atoms with Crippen LogP contribution in [0.2, 0.25) is 0 Å². The fourth-order valence-corrected chi connectivity index (χ4v) is 3.28. The van der Waals surface area contributed by atoms with E-state index in [1.807, 2.05) is 6.92 Å². The first-order valence-corrected chi connectivity index (χ1v) is 7.84. The van der Waals surface area contributed by atoms with Gasteiger partial charge in [-0.25, -0.2) is 0 Å². The fraction of sp³-hybridized carbons (Fsp3) is 0.750. The topological polar surface area (TPSA) is 49.4 Å². The molecule has 20 heavy (non-hydrogen) atoms. The van der Waals surface area contributed by atoms with Crippen molar-refractivity contribution in [3.8, 4) is 0 Å². The summed E-state index contributed by atoms with van der Waals surface area (Å²) in [4.78, 5) is 25.1. The molecular weight excluding hydrogens is 252 g/mol. The average molecular weight is 278 g/mol. The van der Waals surface area contributed by atoms with Crippen molar-refractivity contribution in [1.29, 1.82) is 0 Å². The van der Waals surface area contributed by atoms with Gasteiger partial charge in [0, 0.05) is 12.6 Å². The second-order valence-electron chi connectivity index (χ2n) is 6.09. The van der Waals surface area contributed by atoms with Gasteiger partial charge in [0.1, 0.15) is 0 Å². The number of carbonyl (C=O) groups excluding carboxylic acids is 2. The van der Waals surface area contributed by atoms with Crippen molar-refractivity contribution in [3.05, 3.63) is 12.7 Å². The second kappa shape index (κ2) is 6.91. The molecule has 2 aliphatic rings. The molecule has 0 aromatic carbocycles. The predicted octanol–water partition coefficient (Wildman–Crippen LogP) is 2.11. The van der Waals surface area contributed by atoms with E-state index < -0.39 is 0 Å². The minimum Gasteiger partial charge on any atom is -0.352 e. The summed E-state index contributed by atoms with van der Waals surface area (Å²) in [7, 11) is 0. The Bertz CT molecular complexity index is 377. The van der Waals surface area contributed by atoms with Gasteiger partial charge in [-0.05, 0) is 50.5 Å². The zero-order chi connectivity index (χ0) is 14.5. The summed E-state index contributed by atoms with van der Waals surface area (Å²) < 4.78 is 0. The number of nitrogens with zero attached hydrogens (tertiary/aromatic N) is 1. The smallest absolute Gasteiger partial charge is 0.246 e. The first kappa shape index (κ1) is 15.1. The van der Waals surface area contributed by atoms with E-state index in [2.05, 4.69) is 11.9 Å². The van der Waals surface area contributed by atoms with E-state index in [9.17, 15) is 9.59 Å². The van der Waals surface area contributed by atoms with Crippen molar-refractivity contribution in [1.82, 2.24) is 10.2 Å². The van der Waals surface area contributed by atoms with Gasteiger partial charge in [-0.3, -0.25) is 9.59 Å². The minimum atomic E-state index is -0.179. The maximum absolute atomic E-state index is 12.1. The number of amides is 2. The first-order valence-electron chi connectivity index (χ1n) is 7.84. The van der Waals surface area contributed by atoms with Crippen molar-refractivity contribution in [2.75, 3.05) is 13.1 Å². The van der Waals surface area contributed by atoms with Gasteiger partial charge in [0.15, 0.2) is 0 Å². The number of nitrogens with one attached hydrogen (secondary N) is 1. The summed E-state index contributed by atoms with van der Waals surface area (Å²) >= 11 is 0. The molecule has 2 rings (SSSR count). The second-order valence-corrected chi connectivity index (χ2v) is 6.09. The number of hydrogen-bond acceptors (Lipinski definition) is 2. The molecular formula is C16H26N2O2. The Balaban J connectivity index is 1.78. The van der Waals surface area contributed by atoms with Gasteiger partial charge in [-0.15, -0.1) is 0 Å². The lowest BCUT2D eigenvalue weighted by atomic mass is 9.83. The minimum absolute atomic E-state index is 0.0384. The van der Waals surface area contributed by atoms with Crippen LogP contribution in [0.25, 0.3) is 0 Å². The molecule has 0 aliphatic heterocycles. The molecule has 112 valence electrons. The number of likely N-dealkylation sites (N-methyl/N-ethyl adjacent to an activating group) is 1. The third-order valence-electron chi connectivity index (χ3n) is 4.57. The molecule has 2 atom stereocenters. The van der Waals surface area contributed by atoms with Gasteiger partial charge in [-0.1, -0.05) is 19.4 Å². The van der Waals surface area contributed by atoms with Crippen LogP contribution in [0.15, 0.2) is 12.7 Å². The molecule has 1 N–H and O–H groups in total. The van der Waals surface area contributed by atoms with Crippen molar-refractivity contribution in [2.24, 2.45) is 11.8 Å². The lowest BCUT2D eigenvalue weighted by Gasteiger charge is -2.30. The van der Waals surface area contributed by atoms with Crippen LogP contribution in [-0.2, 0) is 9.59 Å². The van der Waals surface area contributed by atoms with E-state index in [0.29, 0.717) is 12.6 Å². The third-order valence-corrected chi connectivity index (χ3v) is 4.57. The number of rotatable bonds is 6. The molecule has 0 unspecified atom stereocenters. The van der Waals surface area contributed by atoms with Crippen LogP contribution < -0.4 is 5.32 Å². The van der Waals surface area contributed by atoms with Gasteiger partial charge in [0.25, 0.3) is 0 Å². The van der Waals surface area contributed by atoms with Crippen LogP contribution in [0.3, 0.4) is 0 Å². The Kier molecular flexibility index (Phi) is 5.21. The summed E-state index contributed by atoms with van der Waals surface area (Å²) in [5.41, 5.74) is 0. The number of carbonyl (C=O) groups is 2. The van der Waals surface area contributed by atoms with E-state index in [1.165, 1.54) is 36.7 Å². The fourth-order valence-electron chi connectivity index (χ4n) is 3.28. The maximum Gasteiger partial charge on any atom is 0.246 e. The molecule has 0 bridgehead atoms. The van der Waals surface area contributed by atoms with Crippen LogP contribution in [-0.4, -0.2) is 35.8 Å². The summed E-state index contributed by atoms with van der Waals surface area (Å²) in [6.45, 7) is 6.02. The maximum atomic E-state index is 12.1. The lowest BCUT2D eigenvalue weighted by Crippen LogP contribution is -2.45. The van der Waals surface area contributed by atoms with Crippen molar-refractivity contribution in [3.63, 3.8) is 0 Å². The molecule has 0 radical (unpaired) electrons. The van der Waals surface area contributed by atoms with Crippen LogP contribution >= 0.6 is 0 Å². The van der Waals surface area contributed by atoms with Gasteiger partial charge in [-0.2, -0.15) is 0 Å². The molecule has 4 nitrogen and oxygen atoms in total. The molecule has 2 fully saturated rings. The summed E-state index contributed by atoms with van der Waals surface area (Å²) in [6.07, 6.45) is 8.77. The highest BCUT2D eigenvalue weighted by Gasteiger charge is 2.35. The quantitative estimate of drug-likeness (QED) is 0.756. The molecule has 4 heteroatoms. The average Bonchev–Trinajstić information content (AvgIpc) is 3.28. The van der Waals surface area contributed by atoms with Crippen LogP contribution in [0.4, 0.5) is 0 Å². The largest absolute Gasteiger partial charge is 0.352 e. The van der Waals surface area contributed by atoms with E-state index >= 15 is 0 Å². The van der Waals surface area contributed by atoms with E-state index in [1.54, 1.807) is 0 Å². The number of hydrogen-bond donors (Lipinski definition) is 1. The molecule has 2 aliphatic carbocycles. The van der Waals surface area contributed by atoms with Gasteiger partial charge < -0.3 is 10.2 Å². The standard InChI is InChI=1S/C16H26N2O2/c1-3-16(20)18(4-2)11-15(19)17-14-7-5-6-13(10-14)12-8-9-12/h3,12-14H,1,4-11H2,2H3,(H,17,19)/t13-,14+/m0/s1. The van der Waals surface area contributed by atoms with Crippen LogP contribution in [0.1, 0.15) is 45.4 Å². The van der Waals surface area contributed by atoms with Crippen molar-refractivity contribution >= 4 is 11.8 Å². The summed E-state index contributed by atoms with van der Waals surface area (Å²) in [5, 5.41) is 3.11. The molecule has 0 aromatic heterocycles. The van der Waals surface area contributed by atoms with Crippen molar-refractivity contribution in [2.45, 2.75) is 51.5 Å². The van der Waals surface area contributed by atoms with Gasteiger partial charge in [0.05, 0.1) is 6.54 Å². The normalized spacial score (nSPS) is 25.9. The third kappa shape index (κ3) is 4.09. The molecule has 0 saturated heterocycles. The Morgan fingerprint density at radius 1 is 1.25 bits per heavy atom. The Labute approximate surface area is 121 Å². The monoisotopic (exact) mass is 278 g/mol. The predicted molar refractivity (Wildman–Crippen MR) is 79.1 cm³/mol. The molecule has 2 saturated carbocycles. The zero-order valence-electron chi connectivity index (χ0n) is 12.4. The zero-order valence-corrected chi connectivity index (χ0v) is 12.4. The van der Waals surface area contributed by atoms with Crippen molar-refractivity contribution < 1.29 is 9.59 Å². The SMILES string of the molecule is C=CC(=O)N(CC)CC(=O)N[C@@H]1CCC[C@H](C2CC2)C1. The molecule has 2 amide bonds.